The highest BCUT2D eigenvalue weighted by Gasteiger charge is 2.63. The highest BCUT2D eigenvalue weighted by atomic mass is 16.5. The Morgan fingerprint density at radius 2 is 2.62 bits per heavy atom. The molecule has 0 amide bonds. The van der Waals surface area contributed by atoms with Gasteiger partial charge in [-0.15, -0.1) is 0 Å². The first kappa shape index (κ1) is 4.32. The first-order chi connectivity index (χ1) is 3.73. The molecule has 0 aromatic rings. The van der Waals surface area contributed by atoms with E-state index < -0.39 is 5.54 Å². The fourth-order valence-electron chi connectivity index (χ4n) is 1.12. The van der Waals surface area contributed by atoms with Crippen LogP contribution in [0.2, 0.25) is 0 Å². The van der Waals surface area contributed by atoms with Gasteiger partial charge < -0.3 is 10.5 Å². The van der Waals surface area contributed by atoms with Crippen LogP contribution < -0.4 is 5.73 Å². The molecule has 0 aromatic heterocycles. The summed E-state index contributed by atoms with van der Waals surface area (Å²) in [6.07, 6.45) is 0.839. The Labute approximate surface area is 46.8 Å². The average Bonchev–Trinajstić information content (AvgIpc) is 2.31. The standard InChI is InChI=1S/C5H7NO2/c6-5-1-3(5)2-8-4(5)7/h3H,1-2,6H2. The summed E-state index contributed by atoms with van der Waals surface area (Å²) in [6, 6.07) is 0. The van der Waals surface area contributed by atoms with Crippen molar-refractivity contribution in [1.82, 2.24) is 0 Å². The number of nitrogens with two attached hydrogens (primary N) is 1. The van der Waals surface area contributed by atoms with Crippen LogP contribution in [-0.2, 0) is 9.53 Å². The lowest BCUT2D eigenvalue weighted by atomic mass is 10.3. The zero-order valence-corrected chi connectivity index (χ0v) is 4.39. The first-order valence-electron chi connectivity index (χ1n) is 2.69. The molecule has 2 rings (SSSR count). The molecule has 1 aliphatic carbocycles. The Hall–Kier alpha value is -0.570. The van der Waals surface area contributed by atoms with E-state index in [2.05, 4.69) is 4.74 Å². The van der Waals surface area contributed by atoms with E-state index in [1.165, 1.54) is 0 Å². The van der Waals surface area contributed by atoms with E-state index in [1.54, 1.807) is 0 Å². The molecule has 2 aliphatic rings. The van der Waals surface area contributed by atoms with E-state index in [4.69, 9.17) is 5.73 Å². The van der Waals surface area contributed by atoms with Crippen LogP contribution in [0.3, 0.4) is 0 Å². The average molecular weight is 113 g/mol. The fourth-order valence-corrected chi connectivity index (χ4v) is 1.12. The second kappa shape index (κ2) is 0.910. The van der Waals surface area contributed by atoms with Crippen molar-refractivity contribution in [1.29, 1.82) is 0 Å². The molecule has 44 valence electrons. The Bertz CT molecular complexity index is 155. The third kappa shape index (κ3) is 0.282. The molecule has 0 radical (unpaired) electrons. The molecule has 1 saturated heterocycles. The van der Waals surface area contributed by atoms with E-state index >= 15 is 0 Å². The van der Waals surface area contributed by atoms with Gasteiger partial charge in [0.1, 0.15) is 5.54 Å². The van der Waals surface area contributed by atoms with Crippen LogP contribution in [0.4, 0.5) is 0 Å². The van der Waals surface area contributed by atoms with Crippen LogP contribution in [0, 0.1) is 5.92 Å². The number of hydrogen-bond acceptors (Lipinski definition) is 3. The van der Waals surface area contributed by atoms with Crippen LogP contribution in [0.25, 0.3) is 0 Å². The third-order valence-corrected chi connectivity index (χ3v) is 1.95. The van der Waals surface area contributed by atoms with Crippen molar-refractivity contribution < 1.29 is 9.53 Å². The van der Waals surface area contributed by atoms with Crippen LogP contribution in [0.15, 0.2) is 0 Å². The molecule has 8 heavy (non-hydrogen) atoms. The lowest BCUT2D eigenvalue weighted by Crippen LogP contribution is -2.31. The van der Waals surface area contributed by atoms with Crippen molar-refractivity contribution in [3.63, 3.8) is 0 Å². The van der Waals surface area contributed by atoms with Gasteiger partial charge in [0.25, 0.3) is 0 Å². The van der Waals surface area contributed by atoms with E-state index in [9.17, 15) is 4.79 Å². The summed E-state index contributed by atoms with van der Waals surface area (Å²) in [5.74, 6) is 0.137. The van der Waals surface area contributed by atoms with E-state index in [0.717, 1.165) is 6.42 Å². The molecule has 0 bridgehead atoms. The van der Waals surface area contributed by atoms with E-state index in [1.807, 2.05) is 0 Å². The minimum absolute atomic E-state index is 0.206. The van der Waals surface area contributed by atoms with Gasteiger partial charge in [-0.1, -0.05) is 0 Å². The monoisotopic (exact) mass is 113 g/mol. The summed E-state index contributed by atoms with van der Waals surface area (Å²) < 4.78 is 4.65. The molecule has 1 saturated carbocycles. The molecular weight excluding hydrogens is 106 g/mol. The van der Waals surface area contributed by atoms with E-state index in [-0.39, 0.29) is 5.97 Å². The maximum absolute atomic E-state index is 10.6. The molecule has 0 spiro atoms. The van der Waals surface area contributed by atoms with Crippen molar-refractivity contribution in [2.45, 2.75) is 12.0 Å². The number of cyclic esters (lactones) is 1. The van der Waals surface area contributed by atoms with Crippen LogP contribution >= 0.6 is 0 Å². The second-order valence-electron chi connectivity index (χ2n) is 2.54. The minimum Gasteiger partial charge on any atom is -0.464 e. The van der Waals surface area contributed by atoms with Gasteiger partial charge in [-0.25, -0.2) is 0 Å². The lowest BCUT2D eigenvalue weighted by Gasteiger charge is -1.97. The number of carbonyl (C=O) groups is 1. The summed E-state index contributed by atoms with van der Waals surface area (Å²) in [4.78, 5) is 10.6. The lowest BCUT2D eigenvalue weighted by molar-refractivity contribution is -0.141. The topological polar surface area (TPSA) is 52.3 Å². The molecule has 3 heteroatoms. The summed E-state index contributed by atoms with van der Waals surface area (Å²) in [6.45, 7) is 0.551. The van der Waals surface area contributed by atoms with Gasteiger partial charge in [-0.3, -0.25) is 4.79 Å². The molecule has 1 heterocycles. The van der Waals surface area contributed by atoms with Crippen molar-refractivity contribution >= 4 is 5.97 Å². The first-order valence-corrected chi connectivity index (χ1v) is 2.69. The zero-order valence-electron chi connectivity index (χ0n) is 4.39. The fraction of sp³-hybridized carbons (Fsp3) is 0.800. The van der Waals surface area contributed by atoms with Crippen molar-refractivity contribution in [3.8, 4) is 0 Å². The molecule has 2 unspecified atom stereocenters. The van der Waals surface area contributed by atoms with Gasteiger partial charge in [0.15, 0.2) is 0 Å². The van der Waals surface area contributed by atoms with Gasteiger partial charge in [0.2, 0.25) is 0 Å². The Morgan fingerprint density at radius 1 is 1.88 bits per heavy atom. The number of carbonyl (C=O) groups excluding carboxylic acids is 1. The van der Waals surface area contributed by atoms with Crippen LogP contribution in [0.5, 0.6) is 0 Å². The molecule has 2 N–H and O–H groups in total. The van der Waals surface area contributed by atoms with Gasteiger partial charge in [0.05, 0.1) is 6.61 Å². The minimum atomic E-state index is -0.542. The summed E-state index contributed by atoms with van der Waals surface area (Å²) >= 11 is 0. The maximum atomic E-state index is 10.6. The smallest absolute Gasteiger partial charge is 0.326 e. The highest BCUT2D eigenvalue weighted by molar-refractivity contribution is 5.87. The predicted octanol–water partition coefficient (Wildman–Crippen LogP) is -0.739. The van der Waals surface area contributed by atoms with Crippen LogP contribution in [-0.4, -0.2) is 18.1 Å². The Morgan fingerprint density at radius 3 is 2.75 bits per heavy atom. The number of ether oxygens (including phenoxy) is 1. The Balaban J connectivity index is 2.31. The molecule has 3 nitrogen and oxygen atoms in total. The summed E-state index contributed by atoms with van der Waals surface area (Å²) in [5, 5.41) is 0. The quantitative estimate of drug-likeness (QED) is 0.421. The molecule has 1 aliphatic heterocycles. The van der Waals surface area contributed by atoms with Gasteiger partial charge in [0, 0.05) is 5.92 Å². The number of esters is 1. The third-order valence-electron chi connectivity index (χ3n) is 1.95. The summed E-state index contributed by atoms with van der Waals surface area (Å²) in [7, 11) is 0. The molecule has 2 atom stereocenters. The van der Waals surface area contributed by atoms with Gasteiger partial charge >= 0.3 is 5.97 Å². The number of fused-ring (bicyclic) bond motifs is 1. The molecule has 2 fully saturated rings. The largest absolute Gasteiger partial charge is 0.464 e. The Kier molecular flexibility index (Phi) is 0.492. The SMILES string of the molecule is NC12CC1COC2=O. The van der Waals surface area contributed by atoms with Crippen molar-refractivity contribution in [3.05, 3.63) is 0 Å². The number of hydrogen-bond donors (Lipinski definition) is 1. The predicted molar refractivity (Wildman–Crippen MR) is 26.0 cm³/mol. The maximum Gasteiger partial charge on any atom is 0.326 e. The van der Waals surface area contributed by atoms with Crippen LogP contribution in [0.1, 0.15) is 6.42 Å². The number of rotatable bonds is 0. The normalized spacial score (nSPS) is 50.6. The molecular formula is C5H7NO2. The summed E-state index contributed by atoms with van der Waals surface area (Å²) in [5.41, 5.74) is 4.98. The highest BCUT2D eigenvalue weighted by Crippen LogP contribution is 2.46. The zero-order chi connectivity index (χ0) is 5.78. The van der Waals surface area contributed by atoms with Gasteiger partial charge in [-0.2, -0.15) is 0 Å². The van der Waals surface area contributed by atoms with Crippen molar-refractivity contribution in [2.24, 2.45) is 11.7 Å². The van der Waals surface area contributed by atoms with E-state index in [0.29, 0.717) is 12.5 Å². The second-order valence-corrected chi connectivity index (χ2v) is 2.54. The molecule has 0 aromatic carbocycles. The van der Waals surface area contributed by atoms with Crippen molar-refractivity contribution in [2.75, 3.05) is 6.61 Å². The van der Waals surface area contributed by atoms with Gasteiger partial charge in [-0.05, 0) is 6.42 Å².